The van der Waals surface area contributed by atoms with Crippen LogP contribution in [0.15, 0.2) is 61.5 Å². The van der Waals surface area contributed by atoms with Gasteiger partial charge in [-0.2, -0.15) is 0 Å². The molecule has 11 rings (SSSR count). The van der Waals surface area contributed by atoms with Gasteiger partial charge in [-0.25, -0.2) is 19.1 Å². The average molecular weight is 698 g/mol. The molecule has 3 N–H and O–H groups in total. The second-order valence-electron chi connectivity index (χ2n) is 16.2. The van der Waals surface area contributed by atoms with Gasteiger partial charge in [-0.3, -0.25) is 9.78 Å². The lowest BCUT2D eigenvalue weighted by Crippen LogP contribution is -2.48. The minimum atomic E-state index is -0.810. The van der Waals surface area contributed by atoms with Gasteiger partial charge in [0.15, 0.2) is 0 Å². The smallest absolute Gasteiger partial charge is 0.345 e. The van der Waals surface area contributed by atoms with E-state index in [1.165, 1.54) is 88.2 Å². The molecule has 3 aromatic rings. The topological polar surface area (TPSA) is 117 Å². The number of aromatic nitrogens is 2. The summed E-state index contributed by atoms with van der Waals surface area (Å²) in [4.78, 5) is 45.0. The zero-order chi connectivity index (χ0) is 32.1. The highest BCUT2D eigenvalue weighted by Gasteiger charge is 2.52. The zero-order valence-electron chi connectivity index (χ0n) is 26.5. The highest BCUT2D eigenvalue weighted by atomic mass is 79.9. The van der Waals surface area contributed by atoms with E-state index in [0.717, 1.165) is 50.8 Å². The normalized spacial score (nSPS) is 34.7. The predicted octanol–water partition coefficient (Wildman–Crippen LogP) is 7.58. The van der Waals surface area contributed by atoms with Crippen LogP contribution in [0.4, 0.5) is 10.5 Å². The number of carbonyl (C=O) groups excluding carboxylic acids is 1. The SMILES string of the molecule is O=C(N=Cc1c(O)n(-c2ccc(C34CC5CC(CC(C5)C3)C4)cc2)c(=O)[nH]c1=O)Nc1cc(C23CC4CC(CC(C4)C2)C3)ccc1Br. The van der Waals surface area contributed by atoms with Crippen LogP contribution in [0.5, 0.6) is 5.88 Å². The molecule has 244 valence electrons. The molecule has 0 spiro atoms. The minimum absolute atomic E-state index is 0.179. The number of urea groups is 1. The first-order chi connectivity index (χ1) is 22.6. The monoisotopic (exact) mass is 696 g/mol. The molecule has 0 unspecified atom stereocenters. The quantitative estimate of drug-likeness (QED) is 0.239. The van der Waals surface area contributed by atoms with Crippen LogP contribution in [-0.2, 0) is 10.8 Å². The van der Waals surface area contributed by atoms with Gasteiger partial charge in [0.25, 0.3) is 5.56 Å². The number of aliphatic imine (C=N–C) groups is 1. The fourth-order valence-corrected chi connectivity index (χ4v) is 12.4. The van der Waals surface area contributed by atoms with Crippen LogP contribution in [0.3, 0.4) is 0 Å². The Morgan fingerprint density at radius 1 is 0.809 bits per heavy atom. The highest BCUT2D eigenvalue weighted by molar-refractivity contribution is 9.10. The van der Waals surface area contributed by atoms with Gasteiger partial charge in [-0.1, -0.05) is 18.2 Å². The first-order valence-corrected chi connectivity index (χ1v) is 18.3. The van der Waals surface area contributed by atoms with E-state index in [-0.39, 0.29) is 16.4 Å². The Kier molecular flexibility index (Phi) is 6.80. The van der Waals surface area contributed by atoms with E-state index in [1.807, 2.05) is 18.2 Å². The molecule has 2 amide bonds. The first kappa shape index (κ1) is 29.7. The number of halogens is 1. The van der Waals surface area contributed by atoms with Crippen LogP contribution >= 0.6 is 15.9 Å². The largest absolute Gasteiger partial charge is 0.493 e. The molecule has 8 saturated carbocycles. The minimum Gasteiger partial charge on any atom is -0.493 e. The van der Waals surface area contributed by atoms with E-state index in [4.69, 9.17) is 0 Å². The number of amides is 2. The number of aromatic hydroxyl groups is 1. The maximum absolute atomic E-state index is 13.0. The Morgan fingerprint density at radius 3 is 1.83 bits per heavy atom. The van der Waals surface area contributed by atoms with Crippen LogP contribution < -0.4 is 16.6 Å². The van der Waals surface area contributed by atoms with Crippen molar-refractivity contribution in [1.29, 1.82) is 0 Å². The highest BCUT2D eigenvalue weighted by Crippen LogP contribution is 2.62. The Morgan fingerprint density at radius 2 is 1.30 bits per heavy atom. The molecule has 8 bridgehead atoms. The maximum Gasteiger partial charge on any atom is 0.345 e. The van der Waals surface area contributed by atoms with Crippen molar-refractivity contribution in [2.24, 2.45) is 40.5 Å². The third-order valence-corrected chi connectivity index (χ3v) is 13.8. The second kappa shape index (κ2) is 10.8. The van der Waals surface area contributed by atoms with Gasteiger partial charge in [0.1, 0.15) is 5.56 Å². The number of aromatic amines is 1. The van der Waals surface area contributed by atoms with Crippen molar-refractivity contribution in [2.75, 3.05) is 5.32 Å². The number of H-pyrrole nitrogens is 1. The van der Waals surface area contributed by atoms with Crippen molar-refractivity contribution in [3.8, 4) is 11.6 Å². The third kappa shape index (κ3) is 4.98. The summed E-state index contributed by atoms with van der Waals surface area (Å²) in [6.07, 6.45) is 16.6. The Labute approximate surface area is 282 Å². The molecular weight excluding hydrogens is 656 g/mol. The van der Waals surface area contributed by atoms with Crippen molar-refractivity contribution < 1.29 is 9.90 Å². The summed E-state index contributed by atoms with van der Waals surface area (Å²) in [5.74, 6) is 4.32. The van der Waals surface area contributed by atoms with Gasteiger partial charge in [-0.15, -0.1) is 0 Å². The number of hydrogen-bond acceptors (Lipinski definition) is 4. The third-order valence-electron chi connectivity index (χ3n) is 13.1. The molecule has 0 radical (unpaired) electrons. The first-order valence-electron chi connectivity index (χ1n) is 17.5. The molecule has 1 heterocycles. The summed E-state index contributed by atoms with van der Waals surface area (Å²) < 4.78 is 1.82. The van der Waals surface area contributed by atoms with Crippen molar-refractivity contribution >= 4 is 33.9 Å². The van der Waals surface area contributed by atoms with Crippen LogP contribution in [0.25, 0.3) is 5.69 Å². The number of hydrogen-bond donors (Lipinski definition) is 3. The molecular formula is C38H41BrN4O4. The van der Waals surface area contributed by atoms with E-state index in [2.05, 4.69) is 55.5 Å². The summed E-state index contributed by atoms with van der Waals surface area (Å²) in [6.45, 7) is 0. The van der Waals surface area contributed by atoms with E-state index in [1.54, 1.807) is 0 Å². The number of rotatable bonds is 5. The fraction of sp³-hybridized carbons (Fsp3) is 0.526. The Hall–Kier alpha value is -3.46. The second-order valence-corrected chi connectivity index (χ2v) is 17.0. The predicted molar refractivity (Wildman–Crippen MR) is 185 cm³/mol. The maximum atomic E-state index is 13.0. The average Bonchev–Trinajstić information content (AvgIpc) is 3.01. The molecule has 0 aliphatic heterocycles. The summed E-state index contributed by atoms with van der Waals surface area (Å²) >= 11 is 3.58. The molecule has 47 heavy (non-hydrogen) atoms. The molecule has 8 nitrogen and oxygen atoms in total. The van der Waals surface area contributed by atoms with E-state index in [9.17, 15) is 19.5 Å². The van der Waals surface area contributed by atoms with Crippen molar-refractivity contribution in [2.45, 2.75) is 87.9 Å². The van der Waals surface area contributed by atoms with Gasteiger partial charge in [0.2, 0.25) is 5.88 Å². The number of anilines is 1. The summed E-state index contributed by atoms with van der Waals surface area (Å²) in [5, 5.41) is 14.0. The number of carbonyl (C=O) groups is 1. The summed E-state index contributed by atoms with van der Waals surface area (Å²) in [6, 6.07) is 13.4. The van der Waals surface area contributed by atoms with Crippen molar-refractivity contribution in [3.63, 3.8) is 0 Å². The molecule has 2 aromatic carbocycles. The Balaban J connectivity index is 0.953. The summed E-state index contributed by atoms with van der Waals surface area (Å²) in [5.41, 5.74) is 2.22. The molecule has 8 aliphatic rings. The molecule has 9 heteroatoms. The molecule has 8 fully saturated rings. The Bertz CT molecular complexity index is 1850. The van der Waals surface area contributed by atoms with E-state index < -0.39 is 23.2 Å². The lowest BCUT2D eigenvalue weighted by atomic mass is 9.48. The molecule has 8 aliphatic carbocycles. The van der Waals surface area contributed by atoms with Gasteiger partial charge >= 0.3 is 11.7 Å². The lowest BCUT2D eigenvalue weighted by Gasteiger charge is -2.57. The summed E-state index contributed by atoms with van der Waals surface area (Å²) in [7, 11) is 0. The van der Waals surface area contributed by atoms with Crippen LogP contribution in [0.1, 0.15) is 93.7 Å². The standard InChI is InChI=1S/C38H41BrN4O4/c39-31-6-3-28(38-17-24-10-25(18-38)12-26(11-24)19-38)13-32(31)41-35(46)40-20-30-33(44)42-36(47)43(34(30)45)29-4-1-27(2-5-29)37-14-21-7-22(15-37)9-23(8-21)16-37/h1-6,13,20-26,45H,7-12,14-19H2,(H,41,46)(H,42,44,47). The van der Waals surface area contributed by atoms with Gasteiger partial charge < -0.3 is 10.4 Å². The number of benzene rings is 2. The molecule has 0 atom stereocenters. The van der Waals surface area contributed by atoms with Crippen LogP contribution in [0, 0.1) is 35.5 Å². The number of nitrogens with zero attached hydrogens (tertiary/aromatic N) is 2. The van der Waals surface area contributed by atoms with Crippen LogP contribution in [0.2, 0.25) is 0 Å². The van der Waals surface area contributed by atoms with E-state index in [0.29, 0.717) is 11.4 Å². The van der Waals surface area contributed by atoms with Crippen molar-refractivity contribution in [1.82, 2.24) is 9.55 Å². The van der Waals surface area contributed by atoms with Crippen molar-refractivity contribution in [3.05, 3.63) is 84.5 Å². The lowest BCUT2D eigenvalue weighted by molar-refractivity contribution is -0.00530. The van der Waals surface area contributed by atoms with Gasteiger partial charge in [0, 0.05) is 4.47 Å². The van der Waals surface area contributed by atoms with Crippen LogP contribution in [-0.4, -0.2) is 26.9 Å². The molecule has 1 aromatic heterocycles. The molecule has 0 saturated heterocycles. The van der Waals surface area contributed by atoms with Gasteiger partial charge in [-0.05, 0) is 175 Å². The van der Waals surface area contributed by atoms with Gasteiger partial charge in [0.05, 0.1) is 17.6 Å². The van der Waals surface area contributed by atoms with E-state index >= 15 is 0 Å². The zero-order valence-corrected chi connectivity index (χ0v) is 28.1. The fourth-order valence-electron chi connectivity index (χ4n) is 12.0. The number of nitrogens with one attached hydrogen (secondary N) is 2.